The Morgan fingerprint density at radius 2 is 1.50 bits per heavy atom. The quantitative estimate of drug-likeness (QED) is 0.574. The third kappa shape index (κ3) is 3.39. The van der Waals surface area contributed by atoms with Crippen LogP contribution in [0.3, 0.4) is 0 Å². The highest BCUT2D eigenvalue weighted by molar-refractivity contribution is 5.88. The molecule has 0 unspecified atom stereocenters. The molecule has 4 heteroatoms. The van der Waals surface area contributed by atoms with Crippen molar-refractivity contribution in [3.8, 4) is 0 Å². The Hall–Kier alpha value is -3.66. The van der Waals surface area contributed by atoms with Crippen molar-refractivity contribution in [2.75, 3.05) is 5.32 Å². The van der Waals surface area contributed by atoms with E-state index >= 15 is 0 Å². The van der Waals surface area contributed by atoms with E-state index in [-0.39, 0.29) is 5.56 Å². The summed E-state index contributed by atoms with van der Waals surface area (Å²) in [5, 5.41) is 3.39. The minimum absolute atomic E-state index is 0.216. The summed E-state index contributed by atoms with van der Waals surface area (Å²) < 4.78 is 0. The molecule has 0 aliphatic carbocycles. The van der Waals surface area contributed by atoms with Gasteiger partial charge in [-0.25, -0.2) is 4.98 Å². The molecule has 3 aromatic carbocycles. The Bertz CT molecular complexity index is 1120. The molecule has 0 saturated heterocycles. The number of hydrogen-bond acceptors (Lipinski definition) is 3. The first-order chi connectivity index (χ1) is 12.8. The molecule has 0 aliphatic rings. The van der Waals surface area contributed by atoms with Gasteiger partial charge in [0.05, 0.1) is 11.0 Å². The van der Waals surface area contributed by atoms with E-state index in [4.69, 9.17) is 0 Å². The van der Waals surface area contributed by atoms with Crippen molar-refractivity contribution < 1.29 is 0 Å². The van der Waals surface area contributed by atoms with Crippen molar-refractivity contribution in [2.24, 2.45) is 0 Å². The van der Waals surface area contributed by atoms with Crippen molar-refractivity contribution in [1.82, 2.24) is 9.97 Å². The molecule has 4 nitrogen and oxygen atoms in total. The molecule has 126 valence electrons. The summed E-state index contributed by atoms with van der Waals surface area (Å²) in [5.41, 5.74) is 4.37. The van der Waals surface area contributed by atoms with Gasteiger partial charge in [0, 0.05) is 11.4 Å². The van der Waals surface area contributed by atoms with Crippen LogP contribution in [0.15, 0.2) is 89.7 Å². The van der Waals surface area contributed by atoms with E-state index in [1.54, 1.807) is 6.08 Å². The molecular weight excluding hydrogens is 322 g/mol. The number of benzene rings is 3. The molecule has 4 aromatic rings. The van der Waals surface area contributed by atoms with Crippen LogP contribution in [0.2, 0.25) is 0 Å². The molecule has 4 rings (SSSR count). The lowest BCUT2D eigenvalue weighted by Gasteiger charge is -2.11. The Morgan fingerprint density at radius 1 is 0.846 bits per heavy atom. The maximum Gasteiger partial charge on any atom is 0.274 e. The topological polar surface area (TPSA) is 57.8 Å². The summed E-state index contributed by atoms with van der Waals surface area (Å²) in [6.45, 7) is 0. The van der Waals surface area contributed by atoms with Crippen LogP contribution in [0.1, 0.15) is 11.3 Å². The number of aromatic nitrogens is 2. The Balaban J connectivity index is 1.83. The van der Waals surface area contributed by atoms with Crippen molar-refractivity contribution in [3.05, 3.63) is 107 Å². The van der Waals surface area contributed by atoms with Gasteiger partial charge in [-0.15, -0.1) is 0 Å². The number of nitrogens with zero attached hydrogens (tertiary/aromatic N) is 1. The molecule has 0 amide bonds. The van der Waals surface area contributed by atoms with Gasteiger partial charge in [-0.1, -0.05) is 60.7 Å². The highest BCUT2D eigenvalue weighted by Gasteiger charge is 2.07. The summed E-state index contributed by atoms with van der Waals surface area (Å²) in [6.07, 6.45) is 1.79. The lowest BCUT2D eigenvalue weighted by molar-refractivity contribution is 1.19. The van der Waals surface area contributed by atoms with E-state index in [1.165, 1.54) is 0 Å². The van der Waals surface area contributed by atoms with Gasteiger partial charge in [0.2, 0.25) is 0 Å². The molecule has 1 heterocycles. The lowest BCUT2D eigenvalue weighted by atomic mass is 10.1. The smallest absolute Gasteiger partial charge is 0.274 e. The van der Waals surface area contributed by atoms with Crippen LogP contribution in [-0.4, -0.2) is 9.97 Å². The Morgan fingerprint density at radius 3 is 2.27 bits per heavy atom. The molecule has 0 saturated carbocycles. The highest BCUT2D eigenvalue weighted by Crippen LogP contribution is 2.20. The van der Waals surface area contributed by atoms with Gasteiger partial charge in [0.15, 0.2) is 0 Å². The van der Waals surface area contributed by atoms with Gasteiger partial charge < -0.3 is 10.3 Å². The van der Waals surface area contributed by atoms with E-state index in [1.807, 2.05) is 84.9 Å². The number of H-pyrrole nitrogens is 1. The van der Waals surface area contributed by atoms with Crippen LogP contribution in [0.25, 0.3) is 22.8 Å². The molecule has 0 bridgehead atoms. The Labute approximate surface area is 150 Å². The van der Waals surface area contributed by atoms with Gasteiger partial charge in [-0.3, -0.25) is 4.79 Å². The van der Waals surface area contributed by atoms with Crippen LogP contribution in [0.4, 0.5) is 5.69 Å². The maximum atomic E-state index is 12.5. The zero-order chi connectivity index (χ0) is 17.8. The molecule has 0 fully saturated rings. The average molecular weight is 339 g/mol. The van der Waals surface area contributed by atoms with E-state index in [0.717, 1.165) is 28.0 Å². The molecule has 0 radical (unpaired) electrons. The monoisotopic (exact) mass is 339 g/mol. The summed E-state index contributed by atoms with van der Waals surface area (Å²) >= 11 is 0. The predicted molar refractivity (Wildman–Crippen MR) is 107 cm³/mol. The van der Waals surface area contributed by atoms with Crippen molar-refractivity contribution in [1.29, 1.82) is 0 Å². The first kappa shape index (κ1) is 15.8. The number of aromatic amines is 1. The van der Waals surface area contributed by atoms with Gasteiger partial charge in [-0.2, -0.15) is 0 Å². The number of anilines is 1. The van der Waals surface area contributed by atoms with E-state index in [2.05, 4.69) is 15.3 Å². The highest BCUT2D eigenvalue weighted by atomic mass is 16.1. The zero-order valence-corrected chi connectivity index (χ0v) is 14.0. The fourth-order valence-corrected chi connectivity index (χ4v) is 2.76. The van der Waals surface area contributed by atoms with E-state index in [0.29, 0.717) is 5.69 Å². The van der Waals surface area contributed by atoms with Gasteiger partial charge in [-0.05, 0) is 35.9 Å². The summed E-state index contributed by atoms with van der Waals surface area (Å²) in [4.78, 5) is 19.9. The number of fused-ring (bicyclic) bond motifs is 1. The van der Waals surface area contributed by atoms with Crippen LogP contribution >= 0.6 is 0 Å². The van der Waals surface area contributed by atoms with Gasteiger partial charge >= 0.3 is 0 Å². The standard InChI is InChI=1S/C22H17N3O/c26-22-21(24-18-13-7-8-14-19(18)25-22)15-20(16-9-3-1-4-10-16)23-17-11-5-2-6-12-17/h1-15,23H,(H,25,26). The fourth-order valence-electron chi connectivity index (χ4n) is 2.76. The van der Waals surface area contributed by atoms with Gasteiger partial charge in [0.1, 0.15) is 5.69 Å². The molecule has 0 aliphatic heterocycles. The second kappa shape index (κ2) is 7.07. The third-order valence-corrected chi connectivity index (χ3v) is 4.04. The molecule has 26 heavy (non-hydrogen) atoms. The van der Waals surface area contributed by atoms with Crippen molar-refractivity contribution >= 4 is 28.5 Å². The van der Waals surface area contributed by atoms with E-state index in [9.17, 15) is 4.79 Å². The average Bonchev–Trinajstić information content (AvgIpc) is 2.69. The zero-order valence-electron chi connectivity index (χ0n) is 14.0. The lowest BCUT2D eigenvalue weighted by Crippen LogP contribution is -2.12. The van der Waals surface area contributed by atoms with Crippen LogP contribution in [-0.2, 0) is 0 Å². The third-order valence-electron chi connectivity index (χ3n) is 4.04. The first-order valence-electron chi connectivity index (χ1n) is 8.38. The first-order valence-corrected chi connectivity index (χ1v) is 8.38. The molecule has 2 N–H and O–H groups in total. The second-order valence-electron chi connectivity index (χ2n) is 5.88. The normalized spacial score (nSPS) is 11.5. The molecular formula is C22H17N3O. The van der Waals surface area contributed by atoms with Crippen LogP contribution < -0.4 is 10.9 Å². The minimum atomic E-state index is -0.216. The number of nitrogens with one attached hydrogen (secondary N) is 2. The predicted octanol–water partition coefficient (Wildman–Crippen LogP) is 4.53. The van der Waals surface area contributed by atoms with E-state index < -0.39 is 0 Å². The van der Waals surface area contributed by atoms with Crippen molar-refractivity contribution in [3.63, 3.8) is 0 Å². The number of hydrogen-bond donors (Lipinski definition) is 2. The largest absolute Gasteiger partial charge is 0.355 e. The summed E-state index contributed by atoms with van der Waals surface area (Å²) in [5.74, 6) is 0. The summed E-state index contributed by atoms with van der Waals surface area (Å²) in [7, 11) is 0. The fraction of sp³-hybridized carbons (Fsp3) is 0. The second-order valence-corrected chi connectivity index (χ2v) is 5.88. The Kier molecular flexibility index (Phi) is 4.31. The number of para-hydroxylation sites is 3. The number of rotatable bonds is 4. The SMILES string of the molecule is O=c1[nH]c2ccccc2nc1C=C(Nc1ccccc1)c1ccccc1. The molecule has 0 spiro atoms. The minimum Gasteiger partial charge on any atom is -0.355 e. The van der Waals surface area contributed by atoms with Crippen LogP contribution in [0, 0.1) is 0 Å². The van der Waals surface area contributed by atoms with Crippen molar-refractivity contribution in [2.45, 2.75) is 0 Å². The molecule has 0 atom stereocenters. The molecule has 1 aromatic heterocycles. The maximum absolute atomic E-state index is 12.5. The van der Waals surface area contributed by atoms with Crippen LogP contribution in [0.5, 0.6) is 0 Å². The summed E-state index contributed by atoms with van der Waals surface area (Å²) in [6, 6.07) is 27.3. The van der Waals surface area contributed by atoms with Gasteiger partial charge in [0.25, 0.3) is 5.56 Å².